The van der Waals surface area contributed by atoms with Gasteiger partial charge < -0.3 is 9.47 Å². The standard InChI is InChI=1S/C38H24O2/c1-7-15-34-26(9-1)21-27-18-17-24(22-36(27)39-34)25-19-20-33-37(23-25)40-35-16-8-6-14-32(35)38(33)30-12-4-2-10-28(30)29-11-3-5-13-31(29)38/h1-20,22-23H,21H2. The molecule has 2 aliphatic heterocycles. The average Bonchev–Trinajstić information content (AvgIpc) is 3.30. The maximum Gasteiger partial charge on any atom is 0.132 e. The van der Waals surface area contributed by atoms with Gasteiger partial charge in [-0.3, -0.25) is 0 Å². The molecule has 2 heterocycles. The number of hydrogen-bond acceptors (Lipinski definition) is 2. The normalized spacial score (nSPS) is 14.5. The lowest BCUT2D eigenvalue weighted by Gasteiger charge is -2.39. The molecule has 40 heavy (non-hydrogen) atoms. The molecule has 0 saturated heterocycles. The smallest absolute Gasteiger partial charge is 0.132 e. The van der Waals surface area contributed by atoms with Crippen molar-refractivity contribution in [2.75, 3.05) is 0 Å². The lowest BCUT2D eigenvalue weighted by atomic mass is 9.66. The average molecular weight is 513 g/mol. The summed E-state index contributed by atoms with van der Waals surface area (Å²) in [5.41, 5.74) is 11.8. The lowest BCUT2D eigenvalue weighted by molar-refractivity contribution is 0.436. The molecule has 2 nitrogen and oxygen atoms in total. The van der Waals surface area contributed by atoms with E-state index in [9.17, 15) is 0 Å². The van der Waals surface area contributed by atoms with Crippen molar-refractivity contribution in [3.05, 3.63) is 167 Å². The Bertz CT molecular complexity index is 1950. The second kappa shape index (κ2) is 7.97. The van der Waals surface area contributed by atoms with Gasteiger partial charge in [0.05, 0.1) is 5.41 Å². The van der Waals surface area contributed by atoms with Crippen LogP contribution in [0.5, 0.6) is 23.0 Å². The summed E-state index contributed by atoms with van der Waals surface area (Å²) in [6.07, 6.45) is 0.886. The molecule has 0 atom stereocenters. The van der Waals surface area contributed by atoms with E-state index in [4.69, 9.17) is 9.47 Å². The van der Waals surface area contributed by atoms with Crippen LogP contribution in [-0.4, -0.2) is 0 Å². The minimum absolute atomic E-state index is 0.432. The van der Waals surface area contributed by atoms with Gasteiger partial charge in [-0.2, -0.15) is 0 Å². The van der Waals surface area contributed by atoms with Crippen LogP contribution in [-0.2, 0) is 11.8 Å². The summed E-state index contributed by atoms with van der Waals surface area (Å²) in [4.78, 5) is 0. The Hall–Kier alpha value is -5.08. The van der Waals surface area contributed by atoms with Crippen molar-refractivity contribution in [2.24, 2.45) is 0 Å². The monoisotopic (exact) mass is 512 g/mol. The van der Waals surface area contributed by atoms with Gasteiger partial charge in [-0.25, -0.2) is 0 Å². The molecule has 0 bridgehead atoms. The van der Waals surface area contributed by atoms with E-state index in [0.29, 0.717) is 0 Å². The van der Waals surface area contributed by atoms with Gasteiger partial charge in [0, 0.05) is 17.5 Å². The summed E-state index contributed by atoms with van der Waals surface area (Å²) in [7, 11) is 0. The fourth-order valence-electron chi connectivity index (χ4n) is 7.09. The third-order valence-electron chi connectivity index (χ3n) is 8.82. The fourth-order valence-corrected chi connectivity index (χ4v) is 7.09. The summed E-state index contributed by atoms with van der Waals surface area (Å²) in [6.45, 7) is 0. The van der Waals surface area contributed by atoms with Crippen LogP contribution in [0.1, 0.15) is 33.4 Å². The van der Waals surface area contributed by atoms with Crippen LogP contribution in [0.2, 0.25) is 0 Å². The zero-order chi connectivity index (χ0) is 26.3. The predicted molar refractivity (Wildman–Crippen MR) is 159 cm³/mol. The van der Waals surface area contributed by atoms with Crippen LogP contribution >= 0.6 is 0 Å². The van der Waals surface area contributed by atoms with E-state index >= 15 is 0 Å². The number of benzene rings is 6. The molecule has 3 aliphatic rings. The second-order valence-electron chi connectivity index (χ2n) is 10.9. The topological polar surface area (TPSA) is 18.5 Å². The summed E-state index contributed by atoms with van der Waals surface area (Å²) in [5.74, 6) is 3.67. The maximum atomic E-state index is 6.68. The Morgan fingerprint density at radius 1 is 0.400 bits per heavy atom. The third kappa shape index (κ3) is 2.83. The van der Waals surface area contributed by atoms with Crippen LogP contribution in [0.25, 0.3) is 22.3 Å². The number of rotatable bonds is 1. The molecule has 0 aromatic heterocycles. The van der Waals surface area contributed by atoms with Gasteiger partial charge in [-0.05, 0) is 68.8 Å². The number of hydrogen-bond donors (Lipinski definition) is 0. The highest BCUT2D eigenvalue weighted by Crippen LogP contribution is 2.62. The largest absolute Gasteiger partial charge is 0.457 e. The molecule has 6 aromatic carbocycles. The summed E-state index contributed by atoms with van der Waals surface area (Å²) < 4.78 is 13.0. The van der Waals surface area contributed by atoms with Crippen molar-refractivity contribution < 1.29 is 9.47 Å². The molecular formula is C38H24O2. The van der Waals surface area contributed by atoms with Crippen molar-refractivity contribution in [3.8, 4) is 45.3 Å². The van der Waals surface area contributed by atoms with Gasteiger partial charge in [-0.1, -0.05) is 109 Å². The molecule has 0 saturated carbocycles. The highest BCUT2D eigenvalue weighted by molar-refractivity contribution is 5.89. The predicted octanol–water partition coefficient (Wildman–Crippen LogP) is 9.52. The van der Waals surface area contributed by atoms with Crippen molar-refractivity contribution in [3.63, 3.8) is 0 Å². The second-order valence-corrected chi connectivity index (χ2v) is 10.9. The van der Waals surface area contributed by atoms with E-state index in [1.165, 1.54) is 44.5 Å². The van der Waals surface area contributed by atoms with Gasteiger partial charge in [0.25, 0.3) is 0 Å². The maximum absolute atomic E-state index is 6.68. The molecule has 0 N–H and O–H groups in total. The molecule has 0 fully saturated rings. The summed E-state index contributed by atoms with van der Waals surface area (Å²) in [6, 6.07) is 47.7. The van der Waals surface area contributed by atoms with Gasteiger partial charge in [0.2, 0.25) is 0 Å². The van der Waals surface area contributed by atoms with E-state index in [1.807, 2.05) is 12.1 Å². The number of para-hydroxylation sites is 2. The Labute approximate surface area is 233 Å². The quantitative estimate of drug-likeness (QED) is 0.218. The van der Waals surface area contributed by atoms with Crippen LogP contribution in [0.4, 0.5) is 0 Å². The van der Waals surface area contributed by atoms with Gasteiger partial charge >= 0.3 is 0 Å². The Morgan fingerprint density at radius 3 is 1.70 bits per heavy atom. The van der Waals surface area contributed by atoms with Crippen LogP contribution < -0.4 is 9.47 Å². The van der Waals surface area contributed by atoms with Crippen LogP contribution in [0.3, 0.4) is 0 Å². The minimum Gasteiger partial charge on any atom is -0.457 e. The van der Waals surface area contributed by atoms with Crippen molar-refractivity contribution in [1.29, 1.82) is 0 Å². The van der Waals surface area contributed by atoms with E-state index in [2.05, 4.69) is 121 Å². The SMILES string of the molecule is c1ccc2c(c1)Cc1ccc(-c3ccc4c(c3)Oc3ccccc3C43c4ccccc4-c4ccccc43)cc1O2. The van der Waals surface area contributed by atoms with E-state index < -0.39 is 5.41 Å². The fraction of sp³-hybridized carbons (Fsp3) is 0.0526. The molecule has 9 rings (SSSR count). The minimum atomic E-state index is -0.432. The molecule has 1 spiro atoms. The molecule has 1 aliphatic carbocycles. The Balaban J connectivity index is 1.24. The third-order valence-corrected chi connectivity index (χ3v) is 8.82. The van der Waals surface area contributed by atoms with Crippen LogP contribution in [0.15, 0.2) is 133 Å². The zero-order valence-electron chi connectivity index (χ0n) is 21.7. The van der Waals surface area contributed by atoms with E-state index in [1.54, 1.807) is 0 Å². The molecule has 0 unspecified atom stereocenters. The Kier molecular flexibility index (Phi) is 4.34. The summed E-state index contributed by atoms with van der Waals surface area (Å²) >= 11 is 0. The highest BCUT2D eigenvalue weighted by atomic mass is 16.5. The molecule has 6 aromatic rings. The van der Waals surface area contributed by atoms with Gasteiger partial charge in [0.1, 0.15) is 23.0 Å². The van der Waals surface area contributed by atoms with E-state index in [0.717, 1.165) is 40.5 Å². The molecule has 0 amide bonds. The molecule has 188 valence electrons. The Morgan fingerprint density at radius 2 is 0.925 bits per heavy atom. The first kappa shape index (κ1) is 21.8. The molecule has 2 heteroatoms. The first-order chi connectivity index (χ1) is 19.8. The molecule has 0 radical (unpaired) electrons. The lowest BCUT2D eigenvalue weighted by Crippen LogP contribution is -2.32. The zero-order valence-corrected chi connectivity index (χ0v) is 21.7. The highest BCUT2D eigenvalue weighted by Gasteiger charge is 2.50. The van der Waals surface area contributed by atoms with Crippen molar-refractivity contribution >= 4 is 0 Å². The van der Waals surface area contributed by atoms with Gasteiger partial charge in [0.15, 0.2) is 0 Å². The first-order valence-electron chi connectivity index (χ1n) is 13.8. The molecular weight excluding hydrogens is 488 g/mol. The van der Waals surface area contributed by atoms with E-state index in [-0.39, 0.29) is 0 Å². The summed E-state index contributed by atoms with van der Waals surface area (Å²) in [5, 5.41) is 0. The number of ether oxygens (including phenoxy) is 2. The number of fused-ring (bicyclic) bond motifs is 11. The van der Waals surface area contributed by atoms with Gasteiger partial charge in [-0.15, -0.1) is 0 Å². The van der Waals surface area contributed by atoms with Crippen molar-refractivity contribution in [2.45, 2.75) is 11.8 Å². The van der Waals surface area contributed by atoms with Crippen LogP contribution in [0, 0.1) is 0 Å². The first-order valence-corrected chi connectivity index (χ1v) is 13.8. The van der Waals surface area contributed by atoms with Crippen molar-refractivity contribution in [1.82, 2.24) is 0 Å².